The van der Waals surface area contributed by atoms with Gasteiger partial charge in [0, 0.05) is 23.5 Å². The normalized spacial score (nSPS) is 17.3. The van der Waals surface area contributed by atoms with Crippen molar-refractivity contribution in [3.63, 3.8) is 0 Å². The van der Waals surface area contributed by atoms with Crippen molar-refractivity contribution in [2.24, 2.45) is 0 Å². The van der Waals surface area contributed by atoms with Gasteiger partial charge in [-0.15, -0.1) is 0 Å². The summed E-state index contributed by atoms with van der Waals surface area (Å²) in [5.41, 5.74) is 2.48. The molecule has 0 spiro atoms. The summed E-state index contributed by atoms with van der Waals surface area (Å²) in [5, 5.41) is 4.14. The number of esters is 1. The van der Waals surface area contributed by atoms with E-state index < -0.39 is 0 Å². The first kappa shape index (κ1) is 16.8. The van der Waals surface area contributed by atoms with Crippen molar-refractivity contribution in [2.75, 3.05) is 26.5 Å². The van der Waals surface area contributed by atoms with E-state index in [9.17, 15) is 4.79 Å². The van der Waals surface area contributed by atoms with E-state index in [1.165, 1.54) is 0 Å². The van der Waals surface area contributed by atoms with Crippen molar-refractivity contribution in [2.45, 2.75) is 32.8 Å². The van der Waals surface area contributed by atoms with Crippen LogP contribution in [0.15, 0.2) is 18.2 Å². The first-order valence-corrected chi connectivity index (χ1v) is 8.49. The fraction of sp³-hybridized carbons (Fsp3) is 0.500. The lowest BCUT2D eigenvalue weighted by Gasteiger charge is -2.14. The zero-order chi connectivity index (χ0) is 16.9. The lowest BCUT2D eigenvalue weighted by molar-refractivity contribution is 0.0520. The number of aromatic amines is 1. The zero-order valence-corrected chi connectivity index (χ0v) is 14.2. The van der Waals surface area contributed by atoms with Crippen LogP contribution in [0.3, 0.4) is 0 Å². The molecule has 1 unspecified atom stereocenters. The van der Waals surface area contributed by atoms with Crippen LogP contribution in [0.4, 0.5) is 0 Å². The standard InChI is InChI=1S/C18H24N2O4/c1-3-5-12-6-13-7-16(18(21)22-4-2)20-15(13)8-17(12)23-10-14-9-19-11-24-14/h6-8,14,19-20H,3-5,9-11H2,1-2H3. The molecule has 130 valence electrons. The molecule has 2 heterocycles. The number of H-pyrrole nitrogens is 1. The average molecular weight is 332 g/mol. The Bertz CT molecular complexity index is 704. The highest BCUT2D eigenvalue weighted by Crippen LogP contribution is 2.28. The van der Waals surface area contributed by atoms with Crippen LogP contribution in [0, 0.1) is 0 Å². The van der Waals surface area contributed by atoms with E-state index in [-0.39, 0.29) is 12.1 Å². The molecule has 3 rings (SSSR count). The topological polar surface area (TPSA) is 72.6 Å². The molecule has 2 aromatic rings. The fourth-order valence-electron chi connectivity index (χ4n) is 2.87. The summed E-state index contributed by atoms with van der Waals surface area (Å²) in [6.07, 6.45) is 2.03. The molecule has 6 nitrogen and oxygen atoms in total. The summed E-state index contributed by atoms with van der Waals surface area (Å²) in [4.78, 5) is 15.0. The van der Waals surface area contributed by atoms with Crippen LogP contribution in [0.2, 0.25) is 0 Å². The Kier molecular flexibility index (Phi) is 5.37. The second kappa shape index (κ2) is 7.68. The highest BCUT2D eigenvalue weighted by molar-refractivity contribution is 5.95. The quantitative estimate of drug-likeness (QED) is 0.763. The van der Waals surface area contributed by atoms with E-state index in [1.807, 2.05) is 12.1 Å². The molecule has 1 saturated heterocycles. The van der Waals surface area contributed by atoms with Crippen LogP contribution < -0.4 is 10.1 Å². The van der Waals surface area contributed by atoms with E-state index in [1.54, 1.807) is 6.92 Å². The lowest BCUT2D eigenvalue weighted by atomic mass is 10.1. The molecule has 1 aliphatic rings. The Morgan fingerprint density at radius 3 is 2.92 bits per heavy atom. The number of rotatable bonds is 7. The number of carbonyl (C=O) groups excluding carboxylic acids is 1. The van der Waals surface area contributed by atoms with E-state index in [0.29, 0.717) is 25.6 Å². The molecule has 0 aliphatic carbocycles. The van der Waals surface area contributed by atoms with Gasteiger partial charge in [0.25, 0.3) is 0 Å². The molecule has 24 heavy (non-hydrogen) atoms. The van der Waals surface area contributed by atoms with Gasteiger partial charge in [0.1, 0.15) is 24.2 Å². The molecule has 0 saturated carbocycles. The van der Waals surface area contributed by atoms with Crippen LogP contribution in [0.5, 0.6) is 5.75 Å². The Hall–Kier alpha value is -2.05. The Morgan fingerprint density at radius 2 is 2.21 bits per heavy atom. The van der Waals surface area contributed by atoms with Gasteiger partial charge >= 0.3 is 5.97 Å². The largest absolute Gasteiger partial charge is 0.490 e. The predicted molar refractivity (Wildman–Crippen MR) is 91.5 cm³/mol. The first-order valence-electron chi connectivity index (χ1n) is 8.49. The molecule has 0 radical (unpaired) electrons. The van der Waals surface area contributed by atoms with Gasteiger partial charge in [-0.25, -0.2) is 4.79 Å². The number of hydrogen-bond donors (Lipinski definition) is 2. The maximum atomic E-state index is 11.9. The summed E-state index contributed by atoms with van der Waals surface area (Å²) in [5.74, 6) is 0.510. The third-order valence-electron chi connectivity index (χ3n) is 4.03. The minimum atomic E-state index is -0.335. The minimum Gasteiger partial charge on any atom is -0.490 e. The van der Waals surface area contributed by atoms with Gasteiger partial charge < -0.3 is 19.2 Å². The highest BCUT2D eigenvalue weighted by atomic mass is 16.5. The van der Waals surface area contributed by atoms with E-state index >= 15 is 0 Å². The second-order valence-electron chi connectivity index (χ2n) is 5.90. The van der Waals surface area contributed by atoms with Gasteiger partial charge in [-0.1, -0.05) is 13.3 Å². The van der Waals surface area contributed by atoms with E-state index in [0.717, 1.165) is 41.6 Å². The molecule has 1 aromatic heterocycles. The molecule has 2 N–H and O–H groups in total. The number of benzene rings is 1. The van der Waals surface area contributed by atoms with Crippen molar-refractivity contribution in [3.8, 4) is 5.75 Å². The molecule has 6 heteroatoms. The monoisotopic (exact) mass is 332 g/mol. The summed E-state index contributed by atoms with van der Waals surface area (Å²) < 4.78 is 16.6. The molecule has 0 amide bonds. The van der Waals surface area contributed by atoms with Crippen molar-refractivity contribution >= 4 is 16.9 Å². The zero-order valence-electron chi connectivity index (χ0n) is 14.2. The van der Waals surface area contributed by atoms with Crippen LogP contribution in [0.1, 0.15) is 36.3 Å². The van der Waals surface area contributed by atoms with Gasteiger partial charge in [-0.3, -0.25) is 5.32 Å². The van der Waals surface area contributed by atoms with Gasteiger partial charge in [0.2, 0.25) is 0 Å². The Balaban J connectivity index is 1.84. The number of fused-ring (bicyclic) bond motifs is 1. The van der Waals surface area contributed by atoms with Gasteiger partial charge in [-0.2, -0.15) is 0 Å². The molecule has 1 aliphatic heterocycles. The van der Waals surface area contributed by atoms with Crippen molar-refractivity contribution in [1.82, 2.24) is 10.3 Å². The number of ether oxygens (including phenoxy) is 3. The first-order chi connectivity index (χ1) is 11.7. The number of hydrogen-bond acceptors (Lipinski definition) is 5. The summed E-state index contributed by atoms with van der Waals surface area (Å²) >= 11 is 0. The number of nitrogens with one attached hydrogen (secondary N) is 2. The van der Waals surface area contributed by atoms with Crippen LogP contribution in [0.25, 0.3) is 10.9 Å². The summed E-state index contributed by atoms with van der Waals surface area (Å²) in [6, 6.07) is 5.88. The van der Waals surface area contributed by atoms with E-state index in [2.05, 4.69) is 23.3 Å². The van der Waals surface area contributed by atoms with Crippen LogP contribution in [-0.2, 0) is 15.9 Å². The average Bonchev–Trinajstić information content (AvgIpc) is 3.22. The Morgan fingerprint density at radius 1 is 1.33 bits per heavy atom. The van der Waals surface area contributed by atoms with Crippen molar-refractivity contribution in [3.05, 3.63) is 29.5 Å². The lowest BCUT2D eigenvalue weighted by Crippen LogP contribution is -2.22. The number of aromatic nitrogens is 1. The van der Waals surface area contributed by atoms with Gasteiger partial charge in [-0.05, 0) is 31.0 Å². The second-order valence-corrected chi connectivity index (χ2v) is 5.90. The van der Waals surface area contributed by atoms with Crippen LogP contribution >= 0.6 is 0 Å². The minimum absolute atomic E-state index is 0.0777. The van der Waals surface area contributed by atoms with Gasteiger partial charge in [0.05, 0.1) is 13.3 Å². The third kappa shape index (κ3) is 3.71. The van der Waals surface area contributed by atoms with Crippen molar-refractivity contribution < 1.29 is 19.0 Å². The maximum Gasteiger partial charge on any atom is 0.354 e. The SMILES string of the molecule is CCCc1cc2cc(C(=O)OCC)[nH]c2cc1OCC1CNCO1. The molecular formula is C18H24N2O4. The summed E-state index contributed by atoms with van der Waals surface area (Å²) in [6.45, 7) is 6.19. The highest BCUT2D eigenvalue weighted by Gasteiger charge is 2.17. The fourth-order valence-corrected chi connectivity index (χ4v) is 2.87. The smallest absolute Gasteiger partial charge is 0.354 e. The van der Waals surface area contributed by atoms with Crippen molar-refractivity contribution in [1.29, 1.82) is 0 Å². The number of carbonyl (C=O) groups is 1. The molecule has 1 fully saturated rings. The third-order valence-corrected chi connectivity index (χ3v) is 4.03. The molecule has 1 atom stereocenters. The maximum absolute atomic E-state index is 11.9. The van der Waals surface area contributed by atoms with Gasteiger partial charge in [0.15, 0.2) is 0 Å². The molecular weight excluding hydrogens is 308 g/mol. The predicted octanol–water partition coefficient (Wildman–Crippen LogP) is 2.62. The molecule has 1 aromatic carbocycles. The number of aryl methyl sites for hydroxylation is 1. The van der Waals surface area contributed by atoms with Crippen LogP contribution in [-0.4, -0.2) is 43.5 Å². The molecule has 0 bridgehead atoms. The summed E-state index contributed by atoms with van der Waals surface area (Å²) in [7, 11) is 0. The Labute approximate surface area is 141 Å². The van der Waals surface area contributed by atoms with E-state index in [4.69, 9.17) is 14.2 Å².